The summed E-state index contributed by atoms with van der Waals surface area (Å²) in [7, 11) is 0. The number of nitriles is 1. The lowest BCUT2D eigenvalue weighted by Crippen LogP contribution is -2.34. The Kier molecular flexibility index (Phi) is 3.61. The molecule has 1 saturated heterocycles. The maximum absolute atomic E-state index is 8.86. The lowest BCUT2D eigenvalue weighted by atomic mass is 10.2. The Hall–Kier alpha value is -2.35. The maximum Gasteiger partial charge on any atom is 0.128 e. The van der Waals surface area contributed by atoms with Gasteiger partial charge in [0.2, 0.25) is 0 Å². The molecule has 0 saturated carbocycles. The van der Waals surface area contributed by atoms with Crippen molar-refractivity contribution in [1.82, 2.24) is 14.8 Å². The van der Waals surface area contributed by atoms with E-state index >= 15 is 0 Å². The summed E-state index contributed by atoms with van der Waals surface area (Å²) in [5.74, 6) is 0.957. The van der Waals surface area contributed by atoms with Gasteiger partial charge in [-0.05, 0) is 44.9 Å². The number of aromatic nitrogens is 3. The average Bonchev–Trinajstić information content (AvgIpc) is 3.06. The molecule has 1 aliphatic heterocycles. The van der Waals surface area contributed by atoms with Gasteiger partial charge in [0.25, 0.3) is 0 Å². The summed E-state index contributed by atoms with van der Waals surface area (Å²) in [6, 6.07) is 8.42. The molecule has 1 atom stereocenters. The van der Waals surface area contributed by atoms with Gasteiger partial charge in [-0.25, -0.2) is 4.98 Å². The number of hydrogen-bond donors (Lipinski definition) is 0. The van der Waals surface area contributed by atoms with Crippen molar-refractivity contribution in [2.24, 2.45) is 0 Å². The van der Waals surface area contributed by atoms with Gasteiger partial charge >= 0.3 is 0 Å². The number of anilines is 1. The summed E-state index contributed by atoms with van der Waals surface area (Å²) in [4.78, 5) is 6.76. The van der Waals surface area contributed by atoms with Gasteiger partial charge in [0.05, 0.1) is 23.8 Å². The first-order chi connectivity index (χ1) is 10.2. The number of pyridine rings is 1. The molecular formula is C16H19N5. The molecule has 0 aliphatic carbocycles. The Labute approximate surface area is 124 Å². The first kappa shape index (κ1) is 13.6. The molecule has 1 fully saturated rings. The van der Waals surface area contributed by atoms with E-state index in [1.165, 1.54) is 12.1 Å². The van der Waals surface area contributed by atoms with Crippen molar-refractivity contribution < 1.29 is 0 Å². The predicted molar refractivity (Wildman–Crippen MR) is 81.0 cm³/mol. The molecule has 0 N–H and O–H groups in total. The summed E-state index contributed by atoms with van der Waals surface area (Å²) >= 11 is 0. The smallest absolute Gasteiger partial charge is 0.128 e. The van der Waals surface area contributed by atoms with Gasteiger partial charge in [0.15, 0.2) is 0 Å². The molecule has 108 valence electrons. The summed E-state index contributed by atoms with van der Waals surface area (Å²) in [6.45, 7) is 6.03. The highest BCUT2D eigenvalue weighted by Crippen LogP contribution is 2.25. The summed E-state index contributed by atoms with van der Waals surface area (Å²) in [5, 5.41) is 13.4. The largest absolute Gasteiger partial charge is 0.352 e. The van der Waals surface area contributed by atoms with Crippen molar-refractivity contribution in [3.8, 4) is 6.07 Å². The first-order valence-corrected chi connectivity index (χ1v) is 7.31. The molecule has 2 aromatic rings. The molecule has 0 bridgehead atoms. The summed E-state index contributed by atoms with van der Waals surface area (Å²) in [5.41, 5.74) is 2.87. The number of aryl methyl sites for hydroxylation is 2. The van der Waals surface area contributed by atoms with Gasteiger partial charge in [-0.3, -0.25) is 4.68 Å². The van der Waals surface area contributed by atoms with Crippen LogP contribution in [0.4, 0.5) is 5.82 Å². The van der Waals surface area contributed by atoms with E-state index in [0.29, 0.717) is 11.6 Å². The molecule has 0 aromatic carbocycles. The Morgan fingerprint density at radius 2 is 2.24 bits per heavy atom. The SMILES string of the molecule is Cc1cc(C)n(C[C@H]2CCCN2c2ccc(C#N)cn2)n1. The zero-order chi connectivity index (χ0) is 14.8. The first-order valence-electron chi connectivity index (χ1n) is 7.31. The third-order valence-electron chi connectivity index (χ3n) is 4.04. The molecule has 5 heteroatoms. The van der Waals surface area contributed by atoms with Gasteiger partial charge in [0, 0.05) is 18.4 Å². The third-order valence-corrected chi connectivity index (χ3v) is 4.04. The van der Waals surface area contributed by atoms with Crippen molar-refractivity contribution >= 4 is 5.82 Å². The highest BCUT2D eigenvalue weighted by Gasteiger charge is 2.26. The van der Waals surface area contributed by atoms with Crippen LogP contribution in [0.25, 0.3) is 0 Å². The number of nitrogens with zero attached hydrogens (tertiary/aromatic N) is 5. The minimum atomic E-state index is 0.420. The van der Waals surface area contributed by atoms with Crippen LogP contribution in [0, 0.1) is 25.2 Å². The van der Waals surface area contributed by atoms with Gasteiger partial charge < -0.3 is 4.90 Å². The second-order valence-corrected chi connectivity index (χ2v) is 5.62. The van der Waals surface area contributed by atoms with E-state index in [-0.39, 0.29) is 0 Å². The molecular weight excluding hydrogens is 262 g/mol. The molecule has 5 nitrogen and oxygen atoms in total. The lowest BCUT2D eigenvalue weighted by molar-refractivity contribution is 0.496. The van der Waals surface area contributed by atoms with Gasteiger partial charge in [0.1, 0.15) is 11.9 Å². The minimum Gasteiger partial charge on any atom is -0.352 e. The van der Waals surface area contributed by atoms with Crippen LogP contribution >= 0.6 is 0 Å². The fraction of sp³-hybridized carbons (Fsp3) is 0.438. The van der Waals surface area contributed by atoms with Gasteiger partial charge in [-0.15, -0.1) is 0 Å². The van der Waals surface area contributed by atoms with Crippen LogP contribution < -0.4 is 4.90 Å². The second-order valence-electron chi connectivity index (χ2n) is 5.62. The van der Waals surface area contributed by atoms with E-state index in [2.05, 4.69) is 38.7 Å². The monoisotopic (exact) mass is 281 g/mol. The van der Waals surface area contributed by atoms with Crippen LogP contribution in [0.2, 0.25) is 0 Å². The van der Waals surface area contributed by atoms with Crippen molar-refractivity contribution in [1.29, 1.82) is 5.26 Å². The molecule has 3 heterocycles. The molecule has 0 spiro atoms. The predicted octanol–water partition coefficient (Wildman–Crippen LogP) is 2.44. The molecule has 0 radical (unpaired) electrons. The van der Waals surface area contributed by atoms with Crippen molar-refractivity contribution in [2.45, 2.75) is 39.3 Å². The number of rotatable bonds is 3. The zero-order valence-electron chi connectivity index (χ0n) is 12.5. The lowest BCUT2D eigenvalue weighted by Gasteiger charge is -2.26. The Bertz CT molecular complexity index is 665. The Balaban J connectivity index is 1.78. The van der Waals surface area contributed by atoms with Crippen LogP contribution in [0.15, 0.2) is 24.4 Å². The normalized spacial score (nSPS) is 18.0. The minimum absolute atomic E-state index is 0.420. The third kappa shape index (κ3) is 2.75. The van der Waals surface area contributed by atoms with Crippen LogP contribution in [-0.4, -0.2) is 27.4 Å². The van der Waals surface area contributed by atoms with Crippen molar-refractivity contribution in [2.75, 3.05) is 11.4 Å². The highest BCUT2D eigenvalue weighted by atomic mass is 15.3. The number of hydrogen-bond acceptors (Lipinski definition) is 4. The second kappa shape index (κ2) is 5.57. The van der Waals surface area contributed by atoms with E-state index in [1.54, 1.807) is 6.20 Å². The molecule has 3 rings (SSSR count). The van der Waals surface area contributed by atoms with E-state index in [0.717, 1.165) is 31.0 Å². The Morgan fingerprint density at radius 3 is 2.86 bits per heavy atom. The fourth-order valence-corrected chi connectivity index (χ4v) is 3.01. The molecule has 0 amide bonds. The van der Waals surface area contributed by atoms with E-state index in [9.17, 15) is 0 Å². The summed E-state index contributed by atoms with van der Waals surface area (Å²) < 4.78 is 2.09. The van der Waals surface area contributed by atoms with Crippen molar-refractivity contribution in [3.63, 3.8) is 0 Å². The fourth-order valence-electron chi connectivity index (χ4n) is 3.01. The highest BCUT2D eigenvalue weighted by molar-refractivity contribution is 5.43. The molecule has 0 unspecified atom stereocenters. The zero-order valence-corrected chi connectivity index (χ0v) is 12.5. The van der Waals surface area contributed by atoms with Crippen LogP contribution in [0.3, 0.4) is 0 Å². The van der Waals surface area contributed by atoms with Gasteiger partial charge in [-0.1, -0.05) is 0 Å². The average molecular weight is 281 g/mol. The van der Waals surface area contributed by atoms with E-state index in [4.69, 9.17) is 5.26 Å². The van der Waals surface area contributed by atoms with Crippen LogP contribution in [-0.2, 0) is 6.54 Å². The molecule has 1 aliphatic rings. The topological polar surface area (TPSA) is 57.7 Å². The standard InChI is InChI=1S/C16H19N5/c1-12-8-13(2)21(19-12)11-15-4-3-7-20(15)16-6-5-14(9-17)10-18-16/h5-6,8,10,15H,3-4,7,11H2,1-2H3/t15-/m1/s1. The van der Waals surface area contributed by atoms with Crippen LogP contribution in [0.1, 0.15) is 29.8 Å². The van der Waals surface area contributed by atoms with Gasteiger partial charge in [-0.2, -0.15) is 10.4 Å². The summed E-state index contributed by atoms with van der Waals surface area (Å²) in [6.07, 6.45) is 3.97. The van der Waals surface area contributed by atoms with Crippen LogP contribution in [0.5, 0.6) is 0 Å². The van der Waals surface area contributed by atoms with Crippen molar-refractivity contribution in [3.05, 3.63) is 41.3 Å². The molecule has 2 aromatic heterocycles. The quantitative estimate of drug-likeness (QED) is 0.867. The Morgan fingerprint density at radius 1 is 1.38 bits per heavy atom. The molecule has 21 heavy (non-hydrogen) atoms. The maximum atomic E-state index is 8.86. The van der Waals surface area contributed by atoms with E-state index < -0.39 is 0 Å². The van der Waals surface area contributed by atoms with E-state index in [1.807, 2.05) is 19.1 Å².